The molecule has 7 nitrogen and oxygen atoms in total. The third-order valence-electron chi connectivity index (χ3n) is 3.68. The number of nitrogens with zero attached hydrogens (tertiary/aromatic N) is 3. The zero-order chi connectivity index (χ0) is 17.8. The zero-order valence-corrected chi connectivity index (χ0v) is 14.5. The normalized spacial score (nSPS) is 12.1. The number of nitrogens with two attached hydrogens (primary N) is 1. The lowest BCUT2D eigenvalue weighted by molar-refractivity contribution is 0.190. The first-order valence-electron chi connectivity index (χ1n) is 7.98. The van der Waals surface area contributed by atoms with Crippen LogP contribution in [0.5, 0.6) is 11.6 Å². The van der Waals surface area contributed by atoms with E-state index in [0.29, 0.717) is 23.9 Å². The van der Waals surface area contributed by atoms with Gasteiger partial charge in [0, 0.05) is 24.2 Å². The summed E-state index contributed by atoms with van der Waals surface area (Å²) >= 11 is 0. The Morgan fingerprint density at radius 3 is 2.84 bits per heavy atom. The number of pyridine rings is 1. The molecule has 1 aromatic carbocycles. The van der Waals surface area contributed by atoms with Crippen LogP contribution in [0.25, 0.3) is 10.9 Å². The molecule has 0 saturated heterocycles. The van der Waals surface area contributed by atoms with Crippen molar-refractivity contribution in [2.24, 2.45) is 0 Å². The fraction of sp³-hybridized carbons (Fsp3) is 0.278. The summed E-state index contributed by atoms with van der Waals surface area (Å²) in [5, 5.41) is 4.18. The van der Waals surface area contributed by atoms with Crippen LogP contribution in [0.15, 0.2) is 36.7 Å². The van der Waals surface area contributed by atoms with Crippen molar-refractivity contribution in [2.45, 2.75) is 19.9 Å². The Bertz CT molecular complexity index is 884. The molecule has 0 fully saturated rings. The number of fused-ring (bicyclic) bond motifs is 1. The minimum atomic E-state index is 0.0527. The highest BCUT2D eigenvalue weighted by molar-refractivity contribution is 5.85. The number of nitrogen functional groups attached to an aromatic ring is 1. The molecule has 130 valence electrons. The largest absolute Gasteiger partial charge is 0.435 e. The van der Waals surface area contributed by atoms with Gasteiger partial charge in [-0.05, 0) is 26.0 Å². The van der Waals surface area contributed by atoms with Gasteiger partial charge in [0.15, 0.2) is 11.6 Å². The van der Waals surface area contributed by atoms with E-state index in [1.165, 1.54) is 6.33 Å². The van der Waals surface area contributed by atoms with Crippen LogP contribution in [0.2, 0.25) is 0 Å². The lowest BCUT2D eigenvalue weighted by atomic mass is 10.2. The smallest absolute Gasteiger partial charge is 0.248 e. The highest BCUT2D eigenvalue weighted by Gasteiger charge is 2.14. The number of aromatic nitrogens is 3. The van der Waals surface area contributed by atoms with E-state index in [0.717, 1.165) is 16.6 Å². The summed E-state index contributed by atoms with van der Waals surface area (Å²) < 4.78 is 11.1. The molecule has 0 aliphatic rings. The summed E-state index contributed by atoms with van der Waals surface area (Å²) in [6.07, 6.45) is 1.41. The molecule has 3 N–H and O–H groups in total. The molecule has 7 heteroatoms. The second-order valence-corrected chi connectivity index (χ2v) is 5.82. The fourth-order valence-corrected chi connectivity index (χ4v) is 2.50. The van der Waals surface area contributed by atoms with Crippen molar-refractivity contribution < 1.29 is 9.47 Å². The number of ether oxygens (including phenoxy) is 2. The summed E-state index contributed by atoms with van der Waals surface area (Å²) in [7, 11) is 1.64. The Morgan fingerprint density at radius 1 is 1.20 bits per heavy atom. The van der Waals surface area contributed by atoms with Gasteiger partial charge in [0.05, 0.1) is 6.61 Å². The minimum absolute atomic E-state index is 0.0527. The van der Waals surface area contributed by atoms with E-state index in [2.05, 4.69) is 20.3 Å². The maximum absolute atomic E-state index is 6.18. The van der Waals surface area contributed by atoms with Crippen molar-refractivity contribution in [2.75, 3.05) is 24.8 Å². The van der Waals surface area contributed by atoms with Gasteiger partial charge < -0.3 is 20.5 Å². The van der Waals surface area contributed by atoms with E-state index in [1.54, 1.807) is 7.11 Å². The van der Waals surface area contributed by atoms with Crippen LogP contribution >= 0.6 is 0 Å². The zero-order valence-electron chi connectivity index (χ0n) is 14.5. The molecule has 0 aliphatic heterocycles. The number of nitrogens with one attached hydrogen (secondary N) is 1. The second kappa shape index (κ2) is 7.31. The van der Waals surface area contributed by atoms with Gasteiger partial charge in [-0.3, -0.25) is 0 Å². The summed E-state index contributed by atoms with van der Waals surface area (Å²) in [5.41, 5.74) is 8.20. The lowest BCUT2D eigenvalue weighted by Crippen LogP contribution is -2.22. The Kier molecular flexibility index (Phi) is 4.95. The molecule has 2 heterocycles. The molecule has 1 atom stereocenters. The molecule has 3 aromatic rings. The van der Waals surface area contributed by atoms with Gasteiger partial charge in [0.1, 0.15) is 17.5 Å². The third-order valence-corrected chi connectivity index (χ3v) is 3.68. The molecule has 0 aliphatic carbocycles. The number of hydrogen-bond donors (Lipinski definition) is 2. The van der Waals surface area contributed by atoms with Gasteiger partial charge in [-0.25, -0.2) is 9.97 Å². The van der Waals surface area contributed by atoms with E-state index >= 15 is 0 Å². The molecule has 25 heavy (non-hydrogen) atoms. The number of benzene rings is 1. The minimum Gasteiger partial charge on any atom is -0.435 e. The van der Waals surface area contributed by atoms with Crippen LogP contribution in [0.1, 0.15) is 12.6 Å². The first kappa shape index (κ1) is 16.9. The first-order chi connectivity index (χ1) is 12.1. The molecule has 0 saturated carbocycles. The lowest BCUT2D eigenvalue weighted by Gasteiger charge is -2.16. The molecule has 0 bridgehead atoms. The summed E-state index contributed by atoms with van der Waals surface area (Å²) in [6.45, 7) is 4.45. The molecule has 0 amide bonds. The highest BCUT2D eigenvalue weighted by Crippen LogP contribution is 2.33. The van der Waals surface area contributed by atoms with E-state index in [-0.39, 0.29) is 11.9 Å². The average molecular weight is 339 g/mol. The van der Waals surface area contributed by atoms with Crippen molar-refractivity contribution in [3.8, 4) is 11.6 Å². The second-order valence-electron chi connectivity index (χ2n) is 5.82. The number of aryl methyl sites for hydroxylation is 1. The molecule has 1 unspecified atom stereocenters. The maximum atomic E-state index is 6.18. The van der Waals surface area contributed by atoms with Crippen LogP contribution in [-0.4, -0.2) is 34.7 Å². The van der Waals surface area contributed by atoms with Crippen LogP contribution < -0.4 is 15.8 Å². The van der Waals surface area contributed by atoms with Crippen LogP contribution in [0.4, 0.5) is 11.5 Å². The van der Waals surface area contributed by atoms with Crippen LogP contribution in [-0.2, 0) is 4.74 Å². The Balaban J connectivity index is 1.92. The topological polar surface area (TPSA) is 95.2 Å². The third kappa shape index (κ3) is 3.77. The standard InChI is InChI=1S/C18H21N5O2/c1-11-7-8-13-5-4-6-14(16(13)22-11)25-18-15(19)17(20-10-21-18)23-12(2)9-24-3/h4-8,10,12H,9,19H2,1-3H3,(H,20,21,23). The maximum Gasteiger partial charge on any atom is 0.248 e. The summed E-state index contributed by atoms with van der Waals surface area (Å²) in [4.78, 5) is 12.9. The van der Waals surface area contributed by atoms with E-state index < -0.39 is 0 Å². The van der Waals surface area contributed by atoms with Gasteiger partial charge in [0.2, 0.25) is 5.88 Å². The molecule has 3 rings (SSSR count). The number of hydrogen-bond acceptors (Lipinski definition) is 7. The molecule has 0 radical (unpaired) electrons. The van der Waals surface area contributed by atoms with Gasteiger partial charge in [0.25, 0.3) is 0 Å². The van der Waals surface area contributed by atoms with Crippen molar-refractivity contribution in [1.82, 2.24) is 15.0 Å². The predicted molar refractivity (Wildman–Crippen MR) is 98.0 cm³/mol. The Hall–Kier alpha value is -2.93. The fourth-order valence-electron chi connectivity index (χ4n) is 2.50. The summed E-state index contributed by atoms with van der Waals surface area (Å²) in [5.74, 6) is 1.40. The number of methoxy groups -OCH3 is 1. The van der Waals surface area contributed by atoms with Gasteiger partial charge >= 0.3 is 0 Å². The van der Waals surface area contributed by atoms with Crippen molar-refractivity contribution in [3.63, 3.8) is 0 Å². The highest BCUT2D eigenvalue weighted by atomic mass is 16.5. The molecular weight excluding hydrogens is 318 g/mol. The van der Waals surface area contributed by atoms with E-state index in [9.17, 15) is 0 Å². The van der Waals surface area contributed by atoms with Crippen molar-refractivity contribution in [1.29, 1.82) is 0 Å². The average Bonchev–Trinajstić information content (AvgIpc) is 2.59. The SMILES string of the molecule is COCC(C)Nc1ncnc(Oc2cccc3ccc(C)nc23)c1N. The van der Waals surface area contributed by atoms with Gasteiger partial charge in [-0.1, -0.05) is 18.2 Å². The monoisotopic (exact) mass is 339 g/mol. The number of para-hydroxylation sites is 1. The van der Waals surface area contributed by atoms with Crippen LogP contribution in [0, 0.1) is 6.92 Å². The van der Waals surface area contributed by atoms with Crippen molar-refractivity contribution >= 4 is 22.4 Å². The number of rotatable bonds is 6. The Morgan fingerprint density at radius 2 is 2.04 bits per heavy atom. The van der Waals surface area contributed by atoms with Gasteiger partial charge in [-0.2, -0.15) is 4.98 Å². The summed E-state index contributed by atoms with van der Waals surface area (Å²) in [6, 6.07) is 9.76. The van der Waals surface area contributed by atoms with Gasteiger partial charge in [-0.15, -0.1) is 0 Å². The predicted octanol–water partition coefficient (Wildman–Crippen LogP) is 3.15. The molecule has 0 spiro atoms. The molecular formula is C18H21N5O2. The quantitative estimate of drug-likeness (QED) is 0.712. The van der Waals surface area contributed by atoms with Crippen LogP contribution in [0.3, 0.4) is 0 Å². The Labute approximate surface area is 146 Å². The van der Waals surface area contributed by atoms with E-state index in [4.69, 9.17) is 15.2 Å². The first-order valence-corrected chi connectivity index (χ1v) is 7.98. The molecule has 2 aromatic heterocycles. The van der Waals surface area contributed by atoms with Crippen molar-refractivity contribution in [3.05, 3.63) is 42.4 Å². The van der Waals surface area contributed by atoms with E-state index in [1.807, 2.05) is 44.2 Å². The number of anilines is 2.